The zero-order valence-electron chi connectivity index (χ0n) is 20.4. The summed E-state index contributed by atoms with van der Waals surface area (Å²) in [6.07, 6.45) is 3.82. The molecule has 0 saturated carbocycles. The van der Waals surface area contributed by atoms with Gasteiger partial charge >= 0.3 is 0 Å². The van der Waals surface area contributed by atoms with Gasteiger partial charge in [-0.15, -0.1) is 0 Å². The predicted molar refractivity (Wildman–Crippen MR) is 143 cm³/mol. The Balaban J connectivity index is 1.27. The fourth-order valence-electron chi connectivity index (χ4n) is 5.69. The van der Waals surface area contributed by atoms with Gasteiger partial charge in [0.05, 0.1) is 25.3 Å². The molecule has 2 aromatic heterocycles. The molecule has 178 valence electrons. The first-order valence-electron chi connectivity index (χ1n) is 12.2. The number of methoxy groups -OCH3 is 2. The molecular formula is C30H26N4O2. The van der Waals surface area contributed by atoms with Gasteiger partial charge in [0, 0.05) is 60.7 Å². The molecule has 0 fully saturated rings. The van der Waals surface area contributed by atoms with Crippen LogP contribution < -0.4 is 19.3 Å². The highest BCUT2D eigenvalue weighted by Crippen LogP contribution is 2.39. The van der Waals surface area contributed by atoms with Gasteiger partial charge in [-0.25, -0.2) is 0 Å². The van der Waals surface area contributed by atoms with Crippen LogP contribution in [-0.2, 0) is 26.2 Å². The number of ether oxygens (including phenoxy) is 2. The summed E-state index contributed by atoms with van der Waals surface area (Å²) in [5.74, 6) is 1.81. The Bertz CT molecular complexity index is 1530. The van der Waals surface area contributed by atoms with E-state index in [2.05, 4.69) is 58.3 Å². The number of nitrogens with zero attached hydrogens (tertiary/aromatic N) is 4. The second kappa shape index (κ2) is 8.12. The van der Waals surface area contributed by atoms with E-state index in [1.807, 2.05) is 24.5 Å². The van der Waals surface area contributed by atoms with Gasteiger partial charge in [0.2, 0.25) is 0 Å². The first-order valence-corrected chi connectivity index (χ1v) is 12.2. The van der Waals surface area contributed by atoms with Crippen LogP contribution in [0.1, 0.15) is 22.3 Å². The summed E-state index contributed by atoms with van der Waals surface area (Å²) in [6, 6.07) is 21.4. The van der Waals surface area contributed by atoms with E-state index in [0.717, 1.165) is 59.5 Å². The van der Waals surface area contributed by atoms with E-state index in [-0.39, 0.29) is 0 Å². The van der Waals surface area contributed by atoms with Crippen LogP contribution in [0.25, 0.3) is 21.8 Å². The summed E-state index contributed by atoms with van der Waals surface area (Å²) < 4.78 is 10.9. The standard InChI is InChI=1S/C30H26N4O2/c1-35-23-5-3-19-15-33(17-21(19)13-23)27-9-11-31-29-25(27)7-8-26-28(10-12-32-30(26)29)34-16-20-4-6-24(36-2)14-22(20)18-34/h3-14H,15-18H2,1-2H3. The maximum atomic E-state index is 5.44. The number of pyridine rings is 2. The van der Waals surface area contributed by atoms with Crippen LogP contribution in [0.4, 0.5) is 11.4 Å². The minimum absolute atomic E-state index is 0.854. The van der Waals surface area contributed by atoms with E-state index in [1.54, 1.807) is 14.2 Å². The van der Waals surface area contributed by atoms with E-state index in [1.165, 1.54) is 33.6 Å². The maximum Gasteiger partial charge on any atom is 0.119 e. The van der Waals surface area contributed by atoms with Crippen LogP contribution in [-0.4, -0.2) is 24.2 Å². The zero-order chi connectivity index (χ0) is 24.2. The number of fused-ring (bicyclic) bond motifs is 5. The van der Waals surface area contributed by atoms with Crippen molar-refractivity contribution < 1.29 is 9.47 Å². The van der Waals surface area contributed by atoms with Crippen LogP contribution in [0, 0.1) is 0 Å². The Morgan fingerprint density at radius 2 is 1.00 bits per heavy atom. The van der Waals surface area contributed by atoms with Crippen LogP contribution in [0.3, 0.4) is 0 Å². The Morgan fingerprint density at radius 3 is 1.44 bits per heavy atom. The lowest BCUT2D eigenvalue weighted by Crippen LogP contribution is -2.16. The van der Waals surface area contributed by atoms with Crippen molar-refractivity contribution >= 4 is 33.2 Å². The molecule has 2 aliphatic heterocycles. The first kappa shape index (κ1) is 21.0. The predicted octanol–water partition coefficient (Wildman–Crippen LogP) is 5.84. The Labute approximate surface area is 209 Å². The molecule has 7 rings (SSSR count). The van der Waals surface area contributed by atoms with E-state index >= 15 is 0 Å². The quantitative estimate of drug-likeness (QED) is 0.305. The zero-order valence-corrected chi connectivity index (χ0v) is 20.4. The van der Waals surface area contributed by atoms with Gasteiger partial charge in [0.25, 0.3) is 0 Å². The van der Waals surface area contributed by atoms with Gasteiger partial charge in [-0.1, -0.05) is 12.1 Å². The molecule has 0 aliphatic carbocycles. The highest BCUT2D eigenvalue weighted by atomic mass is 16.5. The van der Waals surface area contributed by atoms with Crippen molar-refractivity contribution in [1.29, 1.82) is 0 Å². The minimum Gasteiger partial charge on any atom is -0.497 e. The molecule has 0 saturated heterocycles. The fraction of sp³-hybridized carbons (Fsp3) is 0.200. The van der Waals surface area contributed by atoms with Crippen molar-refractivity contribution in [1.82, 2.24) is 9.97 Å². The fourth-order valence-corrected chi connectivity index (χ4v) is 5.69. The molecule has 0 bridgehead atoms. The molecule has 0 amide bonds. The summed E-state index contributed by atoms with van der Waals surface area (Å²) in [4.78, 5) is 14.4. The van der Waals surface area contributed by atoms with E-state index in [9.17, 15) is 0 Å². The third-order valence-corrected chi connectivity index (χ3v) is 7.53. The molecule has 5 aromatic rings. The van der Waals surface area contributed by atoms with Gasteiger partial charge in [-0.05, 0) is 70.8 Å². The van der Waals surface area contributed by atoms with Crippen molar-refractivity contribution in [3.63, 3.8) is 0 Å². The molecule has 0 atom stereocenters. The molecule has 36 heavy (non-hydrogen) atoms. The maximum absolute atomic E-state index is 5.44. The largest absolute Gasteiger partial charge is 0.497 e. The first-order chi connectivity index (χ1) is 17.7. The lowest BCUT2D eigenvalue weighted by molar-refractivity contribution is 0.414. The van der Waals surface area contributed by atoms with Crippen molar-refractivity contribution in [2.75, 3.05) is 24.0 Å². The molecule has 6 heteroatoms. The summed E-state index contributed by atoms with van der Waals surface area (Å²) in [5.41, 5.74) is 9.56. The summed E-state index contributed by atoms with van der Waals surface area (Å²) in [5, 5.41) is 2.26. The van der Waals surface area contributed by atoms with Gasteiger partial charge < -0.3 is 19.3 Å². The van der Waals surface area contributed by atoms with Crippen LogP contribution in [0.2, 0.25) is 0 Å². The summed E-state index contributed by atoms with van der Waals surface area (Å²) >= 11 is 0. The normalized spacial score (nSPS) is 14.4. The van der Waals surface area contributed by atoms with Gasteiger partial charge in [0.15, 0.2) is 0 Å². The van der Waals surface area contributed by atoms with Gasteiger partial charge in [-0.3, -0.25) is 9.97 Å². The van der Waals surface area contributed by atoms with Crippen molar-refractivity contribution in [3.8, 4) is 11.5 Å². The Hall–Kier alpha value is -4.32. The molecule has 0 radical (unpaired) electrons. The lowest BCUT2D eigenvalue weighted by atomic mass is 10.1. The number of benzene rings is 3. The van der Waals surface area contributed by atoms with Crippen molar-refractivity contribution in [3.05, 3.63) is 95.3 Å². The van der Waals surface area contributed by atoms with Crippen LogP contribution in [0.15, 0.2) is 73.1 Å². The minimum atomic E-state index is 0.854. The molecule has 3 aromatic carbocycles. The number of hydrogen-bond donors (Lipinski definition) is 0. The number of rotatable bonds is 4. The summed E-state index contributed by atoms with van der Waals surface area (Å²) in [6.45, 7) is 3.46. The van der Waals surface area contributed by atoms with E-state index in [0.29, 0.717) is 0 Å². The number of aromatic nitrogens is 2. The second-order valence-corrected chi connectivity index (χ2v) is 9.50. The summed E-state index contributed by atoms with van der Waals surface area (Å²) in [7, 11) is 3.43. The molecular weight excluding hydrogens is 448 g/mol. The molecule has 2 aliphatic rings. The topological polar surface area (TPSA) is 50.7 Å². The Morgan fingerprint density at radius 1 is 0.556 bits per heavy atom. The van der Waals surface area contributed by atoms with Crippen LogP contribution >= 0.6 is 0 Å². The smallest absolute Gasteiger partial charge is 0.119 e. The van der Waals surface area contributed by atoms with Crippen LogP contribution in [0.5, 0.6) is 11.5 Å². The molecule has 0 N–H and O–H groups in total. The lowest BCUT2D eigenvalue weighted by Gasteiger charge is -2.22. The molecule has 4 heterocycles. The monoisotopic (exact) mass is 474 g/mol. The third kappa shape index (κ3) is 3.25. The highest BCUT2D eigenvalue weighted by molar-refractivity contribution is 6.10. The third-order valence-electron chi connectivity index (χ3n) is 7.53. The second-order valence-electron chi connectivity index (χ2n) is 9.50. The average Bonchev–Trinajstić information content (AvgIpc) is 3.55. The van der Waals surface area contributed by atoms with Gasteiger partial charge in [0.1, 0.15) is 11.5 Å². The highest BCUT2D eigenvalue weighted by Gasteiger charge is 2.24. The van der Waals surface area contributed by atoms with E-state index < -0.39 is 0 Å². The number of anilines is 2. The van der Waals surface area contributed by atoms with Crippen molar-refractivity contribution in [2.24, 2.45) is 0 Å². The Kier molecular flexibility index (Phi) is 4.74. The van der Waals surface area contributed by atoms with E-state index in [4.69, 9.17) is 19.4 Å². The SMILES string of the molecule is COc1ccc2c(c1)CN(c1ccnc3c1ccc1c(N4Cc5ccc(OC)cc5C4)ccnc13)C2. The molecule has 6 nitrogen and oxygen atoms in total. The van der Waals surface area contributed by atoms with Gasteiger partial charge in [-0.2, -0.15) is 0 Å². The average molecular weight is 475 g/mol. The molecule has 0 unspecified atom stereocenters. The number of hydrogen-bond acceptors (Lipinski definition) is 6. The van der Waals surface area contributed by atoms with Crippen molar-refractivity contribution in [2.45, 2.75) is 26.2 Å². The molecule has 0 spiro atoms.